The lowest BCUT2D eigenvalue weighted by atomic mass is 9.72. The number of nitrogens with zero attached hydrogens (tertiary/aromatic N) is 1. The van der Waals surface area contributed by atoms with Crippen molar-refractivity contribution in [3.05, 3.63) is 120 Å². The zero-order valence-corrected chi connectivity index (χ0v) is 17.2. The molecule has 1 aliphatic heterocycles. The second-order valence-electron chi connectivity index (χ2n) is 8.18. The van der Waals surface area contributed by atoms with Crippen LogP contribution in [0.2, 0.25) is 0 Å². The zero-order valence-electron chi connectivity index (χ0n) is 17.2. The molecule has 0 bridgehead atoms. The van der Waals surface area contributed by atoms with E-state index in [2.05, 4.69) is 55.5 Å². The molecule has 1 heterocycles. The van der Waals surface area contributed by atoms with Crippen LogP contribution in [-0.2, 0) is 10.3 Å². The maximum atomic E-state index is 13.6. The van der Waals surface area contributed by atoms with Crippen LogP contribution in [-0.4, -0.2) is 12.0 Å². The number of carbonyl (C=O) groups excluding carboxylic acids is 1. The second kappa shape index (κ2) is 6.58. The Bertz CT molecular complexity index is 1250. The van der Waals surface area contributed by atoms with E-state index >= 15 is 0 Å². The topological polar surface area (TPSA) is 29.5 Å². The first-order valence-electron chi connectivity index (χ1n) is 10.5. The lowest BCUT2D eigenvalue weighted by Crippen LogP contribution is -2.74. The normalized spacial score (nSPS) is 17.8. The Hall–Kier alpha value is -3.85. The largest absolute Gasteiger partial charge is 0.477 e. The summed E-state index contributed by atoms with van der Waals surface area (Å²) in [5.74, 6) is 0.671. The Labute approximate surface area is 181 Å². The Balaban J connectivity index is 1.60. The van der Waals surface area contributed by atoms with E-state index < -0.39 is 11.6 Å². The van der Waals surface area contributed by atoms with Gasteiger partial charge in [0.15, 0.2) is 0 Å². The first kappa shape index (κ1) is 18.0. The molecule has 3 heteroatoms. The molecule has 0 saturated carbocycles. The number of hydrogen-bond donors (Lipinski definition) is 0. The van der Waals surface area contributed by atoms with Gasteiger partial charge in [0.1, 0.15) is 11.3 Å². The van der Waals surface area contributed by atoms with E-state index in [9.17, 15) is 4.79 Å². The maximum Gasteiger partial charge on any atom is 0.272 e. The molecular formula is C28H21NO2. The molecule has 3 nitrogen and oxygen atoms in total. The number of fused-ring (bicyclic) bond motifs is 5. The van der Waals surface area contributed by atoms with E-state index in [4.69, 9.17) is 4.74 Å². The van der Waals surface area contributed by atoms with Crippen LogP contribution in [0.4, 0.5) is 5.69 Å². The molecule has 1 aliphatic carbocycles. The van der Waals surface area contributed by atoms with Gasteiger partial charge in [0.25, 0.3) is 5.91 Å². The summed E-state index contributed by atoms with van der Waals surface area (Å²) < 4.78 is 6.40. The van der Waals surface area contributed by atoms with Gasteiger partial charge in [-0.3, -0.25) is 9.69 Å². The van der Waals surface area contributed by atoms with Crippen LogP contribution in [0.15, 0.2) is 103 Å². The highest BCUT2D eigenvalue weighted by molar-refractivity contribution is 6.11. The van der Waals surface area contributed by atoms with Crippen LogP contribution in [0.3, 0.4) is 0 Å². The standard InChI is InChI=1S/C28H21NO2/c1-19-15-17-20(18-16-19)29-27(30)26(31-21-9-3-2-4-10-21)28(29)24-13-7-5-11-22(24)23-12-6-8-14-25(23)28/h2-18,26H,1H3. The molecule has 0 aromatic heterocycles. The molecule has 1 amide bonds. The molecule has 4 aromatic carbocycles. The number of amides is 1. The van der Waals surface area contributed by atoms with Crippen LogP contribution >= 0.6 is 0 Å². The van der Waals surface area contributed by atoms with E-state index in [-0.39, 0.29) is 5.91 Å². The molecule has 1 fully saturated rings. The number of carbonyl (C=O) groups is 1. The van der Waals surface area contributed by atoms with Crippen molar-refractivity contribution in [2.24, 2.45) is 0 Å². The molecule has 0 N–H and O–H groups in total. The lowest BCUT2D eigenvalue weighted by molar-refractivity contribution is -0.139. The van der Waals surface area contributed by atoms with E-state index in [0.717, 1.165) is 33.5 Å². The molecule has 150 valence electrons. The van der Waals surface area contributed by atoms with Crippen molar-refractivity contribution in [3.8, 4) is 16.9 Å². The van der Waals surface area contributed by atoms with Crippen LogP contribution < -0.4 is 9.64 Å². The van der Waals surface area contributed by atoms with Gasteiger partial charge in [-0.2, -0.15) is 0 Å². The van der Waals surface area contributed by atoms with Crippen molar-refractivity contribution in [1.29, 1.82) is 0 Å². The summed E-state index contributed by atoms with van der Waals surface area (Å²) in [6.45, 7) is 2.05. The van der Waals surface area contributed by atoms with Gasteiger partial charge in [-0.05, 0) is 53.4 Å². The summed E-state index contributed by atoms with van der Waals surface area (Å²) in [7, 11) is 0. The van der Waals surface area contributed by atoms with Gasteiger partial charge in [-0.25, -0.2) is 0 Å². The minimum atomic E-state index is -0.699. The molecule has 6 rings (SSSR count). The molecule has 1 spiro atoms. The number of ether oxygens (including phenoxy) is 1. The van der Waals surface area contributed by atoms with E-state index in [1.165, 1.54) is 0 Å². The van der Waals surface area contributed by atoms with Crippen molar-refractivity contribution < 1.29 is 9.53 Å². The van der Waals surface area contributed by atoms with Crippen LogP contribution in [0.1, 0.15) is 16.7 Å². The van der Waals surface area contributed by atoms with Gasteiger partial charge in [0.2, 0.25) is 6.10 Å². The number of para-hydroxylation sites is 1. The monoisotopic (exact) mass is 403 g/mol. The number of hydrogen-bond acceptors (Lipinski definition) is 2. The molecule has 2 aliphatic rings. The maximum absolute atomic E-state index is 13.6. The highest BCUT2D eigenvalue weighted by Gasteiger charge is 2.68. The zero-order chi connectivity index (χ0) is 21.0. The predicted octanol–water partition coefficient (Wildman–Crippen LogP) is 5.71. The third kappa shape index (κ3) is 2.37. The molecule has 4 aromatic rings. The smallest absolute Gasteiger partial charge is 0.272 e. The minimum Gasteiger partial charge on any atom is -0.477 e. The van der Waals surface area contributed by atoms with Gasteiger partial charge < -0.3 is 4.74 Å². The summed E-state index contributed by atoms with van der Waals surface area (Å²) in [6, 6.07) is 34.5. The number of β-lactam (4-membered cyclic amide) rings is 1. The van der Waals surface area contributed by atoms with Gasteiger partial charge in [0, 0.05) is 5.69 Å². The van der Waals surface area contributed by atoms with E-state index in [1.807, 2.05) is 59.5 Å². The van der Waals surface area contributed by atoms with E-state index in [0.29, 0.717) is 5.75 Å². The first-order chi connectivity index (χ1) is 15.2. The Morgan fingerprint density at radius 1 is 0.710 bits per heavy atom. The average Bonchev–Trinajstić information content (AvgIpc) is 3.12. The van der Waals surface area contributed by atoms with Crippen molar-refractivity contribution in [2.45, 2.75) is 18.6 Å². The summed E-state index contributed by atoms with van der Waals surface area (Å²) in [5, 5.41) is 0. The van der Waals surface area contributed by atoms with Crippen LogP contribution in [0, 0.1) is 6.92 Å². The number of anilines is 1. The summed E-state index contributed by atoms with van der Waals surface area (Å²) >= 11 is 0. The van der Waals surface area contributed by atoms with Crippen molar-refractivity contribution in [3.63, 3.8) is 0 Å². The van der Waals surface area contributed by atoms with Gasteiger partial charge in [-0.15, -0.1) is 0 Å². The van der Waals surface area contributed by atoms with Crippen molar-refractivity contribution in [1.82, 2.24) is 0 Å². The van der Waals surface area contributed by atoms with Gasteiger partial charge >= 0.3 is 0 Å². The summed E-state index contributed by atoms with van der Waals surface area (Å²) in [5.41, 5.74) is 5.88. The predicted molar refractivity (Wildman–Crippen MR) is 122 cm³/mol. The summed E-state index contributed by atoms with van der Waals surface area (Å²) in [6.07, 6.45) is -0.638. The number of aryl methyl sites for hydroxylation is 1. The van der Waals surface area contributed by atoms with Crippen molar-refractivity contribution in [2.75, 3.05) is 4.90 Å². The van der Waals surface area contributed by atoms with Crippen molar-refractivity contribution >= 4 is 11.6 Å². The molecule has 1 atom stereocenters. The van der Waals surface area contributed by atoms with E-state index in [1.54, 1.807) is 0 Å². The fourth-order valence-corrected chi connectivity index (χ4v) is 5.09. The quantitative estimate of drug-likeness (QED) is 0.410. The SMILES string of the molecule is Cc1ccc(N2C(=O)C(Oc3ccccc3)C23c2ccccc2-c2ccccc23)cc1. The molecule has 1 saturated heterocycles. The number of benzene rings is 4. The third-order valence-corrected chi connectivity index (χ3v) is 6.43. The minimum absolute atomic E-state index is 0.0285. The second-order valence-corrected chi connectivity index (χ2v) is 8.18. The Morgan fingerprint density at radius 3 is 1.87 bits per heavy atom. The fourth-order valence-electron chi connectivity index (χ4n) is 5.09. The molecule has 31 heavy (non-hydrogen) atoms. The lowest BCUT2D eigenvalue weighted by Gasteiger charge is -2.55. The summed E-state index contributed by atoms with van der Waals surface area (Å²) in [4.78, 5) is 15.6. The highest BCUT2D eigenvalue weighted by atomic mass is 16.5. The first-order valence-corrected chi connectivity index (χ1v) is 10.5. The highest BCUT2D eigenvalue weighted by Crippen LogP contribution is 2.59. The van der Waals surface area contributed by atoms with Crippen LogP contribution in [0.5, 0.6) is 5.75 Å². The van der Waals surface area contributed by atoms with Gasteiger partial charge in [0.05, 0.1) is 0 Å². The Morgan fingerprint density at radius 2 is 1.26 bits per heavy atom. The average molecular weight is 403 g/mol. The molecule has 0 radical (unpaired) electrons. The number of rotatable bonds is 3. The molecule has 1 unspecified atom stereocenters. The van der Waals surface area contributed by atoms with Gasteiger partial charge in [-0.1, -0.05) is 84.4 Å². The van der Waals surface area contributed by atoms with Crippen LogP contribution in [0.25, 0.3) is 11.1 Å². The fraction of sp³-hybridized carbons (Fsp3) is 0.107. The third-order valence-electron chi connectivity index (χ3n) is 6.43. The molecular weight excluding hydrogens is 382 g/mol. The Kier molecular flexibility index (Phi) is 3.81.